The molecule has 0 unspecified atom stereocenters. The number of carbonyl (C=O) groups excluding carboxylic acids is 1. The van der Waals surface area contributed by atoms with Gasteiger partial charge in [-0.05, 0) is 19.0 Å². The molecule has 7 heteroatoms. The highest BCUT2D eigenvalue weighted by Crippen LogP contribution is 2.39. The highest BCUT2D eigenvalue weighted by molar-refractivity contribution is 5.87. The Morgan fingerprint density at radius 3 is 2.76 bits per heavy atom. The number of hydrogen-bond donors (Lipinski definition) is 0. The third-order valence-electron chi connectivity index (χ3n) is 6.57. The Morgan fingerprint density at radius 1 is 1.21 bits per heavy atom. The maximum atomic E-state index is 13.8. The van der Waals surface area contributed by atoms with Crippen molar-refractivity contribution < 1.29 is 9.53 Å². The van der Waals surface area contributed by atoms with Crippen molar-refractivity contribution in [2.75, 3.05) is 51.3 Å². The number of aromatic nitrogens is 2. The van der Waals surface area contributed by atoms with Gasteiger partial charge in [0.1, 0.15) is 5.82 Å². The molecule has 2 atom stereocenters. The Hall–Kier alpha value is -2.51. The number of likely N-dealkylation sites (tertiary alicyclic amines) is 1. The van der Waals surface area contributed by atoms with Gasteiger partial charge in [0.15, 0.2) is 0 Å². The molecule has 152 valence electrons. The highest BCUT2D eigenvalue weighted by Gasteiger charge is 2.53. The largest absolute Gasteiger partial charge is 0.373 e. The van der Waals surface area contributed by atoms with Crippen LogP contribution in [-0.2, 0) is 16.0 Å². The molecule has 1 amide bonds. The minimum absolute atomic E-state index is 0.127. The number of likely N-dealkylation sites (N-methyl/N-ethyl adjacent to an activating group) is 1. The monoisotopic (exact) mass is 393 g/mol. The van der Waals surface area contributed by atoms with Gasteiger partial charge in [-0.15, -0.1) is 0 Å². The van der Waals surface area contributed by atoms with Crippen LogP contribution in [0.4, 0.5) is 5.82 Å². The van der Waals surface area contributed by atoms with E-state index in [0.717, 1.165) is 31.9 Å². The third-order valence-corrected chi connectivity index (χ3v) is 6.57. The molecular weight excluding hydrogens is 366 g/mol. The zero-order valence-electron chi connectivity index (χ0n) is 16.8. The van der Waals surface area contributed by atoms with Gasteiger partial charge in [0.2, 0.25) is 5.91 Å². The van der Waals surface area contributed by atoms with Crippen LogP contribution in [0.2, 0.25) is 0 Å². The van der Waals surface area contributed by atoms with Gasteiger partial charge in [0, 0.05) is 45.1 Å². The summed E-state index contributed by atoms with van der Waals surface area (Å²) < 4.78 is 5.96. The van der Waals surface area contributed by atoms with Gasteiger partial charge < -0.3 is 14.5 Å². The summed E-state index contributed by atoms with van der Waals surface area (Å²) in [6.45, 7) is 4.45. The molecule has 1 aromatic heterocycles. The molecule has 29 heavy (non-hydrogen) atoms. The summed E-state index contributed by atoms with van der Waals surface area (Å²) in [6.07, 6.45) is 6.01. The van der Waals surface area contributed by atoms with Crippen molar-refractivity contribution in [3.63, 3.8) is 0 Å². The van der Waals surface area contributed by atoms with Crippen LogP contribution in [0.1, 0.15) is 5.56 Å². The summed E-state index contributed by atoms with van der Waals surface area (Å²) in [6, 6.07) is 10.6. The summed E-state index contributed by atoms with van der Waals surface area (Å²) in [5.74, 6) is 1.08. The smallest absolute Gasteiger partial charge is 0.232 e. The Balaban J connectivity index is 1.37. The molecule has 0 bridgehead atoms. The first-order valence-electron chi connectivity index (χ1n) is 10.3. The SMILES string of the molecule is CN1CCO[C@H]2CN(C(=O)C3(Cc4ccccc4)CN(c4cnccn4)C3)C[C@@H]21. The molecule has 3 fully saturated rings. The predicted octanol–water partition coefficient (Wildman–Crippen LogP) is 1.07. The van der Waals surface area contributed by atoms with E-state index in [2.05, 4.69) is 38.9 Å². The maximum absolute atomic E-state index is 13.8. The van der Waals surface area contributed by atoms with Crippen LogP contribution in [-0.4, -0.2) is 84.2 Å². The average molecular weight is 393 g/mol. The van der Waals surface area contributed by atoms with E-state index in [0.29, 0.717) is 25.7 Å². The Morgan fingerprint density at radius 2 is 2.03 bits per heavy atom. The van der Waals surface area contributed by atoms with E-state index in [4.69, 9.17) is 4.74 Å². The van der Waals surface area contributed by atoms with Crippen molar-refractivity contribution in [1.82, 2.24) is 19.8 Å². The van der Waals surface area contributed by atoms with Crippen molar-refractivity contribution in [2.24, 2.45) is 5.41 Å². The lowest BCUT2D eigenvalue weighted by atomic mass is 9.73. The minimum atomic E-state index is -0.426. The second-order valence-electron chi connectivity index (χ2n) is 8.53. The lowest BCUT2D eigenvalue weighted by Gasteiger charge is -2.50. The second-order valence-corrected chi connectivity index (χ2v) is 8.53. The molecule has 0 radical (unpaired) electrons. The van der Waals surface area contributed by atoms with Crippen LogP contribution >= 0.6 is 0 Å². The van der Waals surface area contributed by atoms with Crippen LogP contribution in [0.3, 0.4) is 0 Å². The van der Waals surface area contributed by atoms with Gasteiger partial charge >= 0.3 is 0 Å². The Labute approximate surface area is 171 Å². The standard InChI is InChI=1S/C22H27N5O2/c1-25-9-10-29-19-14-26(13-18(19)25)21(28)22(11-17-5-3-2-4-6-17)15-27(16-22)20-12-23-7-8-24-20/h2-8,12,18-19H,9-11,13-16H2,1H3/t18-,19-/m0/s1. The molecule has 5 rings (SSSR count). The van der Waals surface area contributed by atoms with E-state index in [1.165, 1.54) is 5.56 Å². The fourth-order valence-corrected chi connectivity index (χ4v) is 4.97. The third kappa shape index (κ3) is 3.38. The molecule has 0 spiro atoms. The number of amides is 1. The van der Waals surface area contributed by atoms with Crippen LogP contribution < -0.4 is 4.90 Å². The van der Waals surface area contributed by atoms with E-state index in [1.54, 1.807) is 18.6 Å². The van der Waals surface area contributed by atoms with Gasteiger partial charge in [-0.3, -0.25) is 14.7 Å². The van der Waals surface area contributed by atoms with E-state index in [-0.39, 0.29) is 12.0 Å². The number of hydrogen-bond acceptors (Lipinski definition) is 6. The maximum Gasteiger partial charge on any atom is 0.232 e. The van der Waals surface area contributed by atoms with E-state index in [9.17, 15) is 4.79 Å². The van der Waals surface area contributed by atoms with Crippen LogP contribution in [0.25, 0.3) is 0 Å². The lowest BCUT2D eigenvalue weighted by molar-refractivity contribution is -0.143. The number of carbonyl (C=O) groups is 1. The quantitative estimate of drug-likeness (QED) is 0.774. The number of benzene rings is 1. The van der Waals surface area contributed by atoms with E-state index < -0.39 is 5.41 Å². The number of ether oxygens (including phenoxy) is 1. The molecule has 2 aromatic rings. The average Bonchev–Trinajstić information content (AvgIpc) is 3.17. The summed E-state index contributed by atoms with van der Waals surface area (Å²) in [4.78, 5) is 28.9. The van der Waals surface area contributed by atoms with Crippen molar-refractivity contribution in [3.8, 4) is 0 Å². The normalized spacial score (nSPS) is 26.1. The number of rotatable bonds is 4. The number of fused-ring (bicyclic) bond motifs is 1. The first-order valence-corrected chi connectivity index (χ1v) is 10.3. The topological polar surface area (TPSA) is 61.8 Å². The highest BCUT2D eigenvalue weighted by atomic mass is 16.5. The Bertz CT molecular complexity index is 856. The molecule has 3 aliphatic rings. The summed E-state index contributed by atoms with van der Waals surface area (Å²) in [5.41, 5.74) is 0.773. The lowest BCUT2D eigenvalue weighted by Crippen LogP contribution is -2.65. The van der Waals surface area contributed by atoms with Crippen LogP contribution in [0.5, 0.6) is 0 Å². The minimum Gasteiger partial charge on any atom is -0.373 e. The zero-order chi connectivity index (χ0) is 19.8. The predicted molar refractivity (Wildman–Crippen MR) is 110 cm³/mol. The van der Waals surface area contributed by atoms with Gasteiger partial charge in [-0.1, -0.05) is 30.3 Å². The van der Waals surface area contributed by atoms with Gasteiger partial charge in [-0.2, -0.15) is 0 Å². The number of nitrogens with zero attached hydrogens (tertiary/aromatic N) is 5. The van der Waals surface area contributed by atoms with E-state index >= 15 is 0 Å². The first kappa shape index (κ1) is 18.5. The fraction of sp³-hybridized carbons (Fsp3) is 0.500. The molecule has 0 aliphatic carbocycles. The van der Waals surface area contributed by atoms with Gasteiger partial charge in [0.05, 0.1) is 30.4 Å². The molecule has 0 N–H and O–H groups in total. The van der Waals surface area contributed by atoms with Crippen molar-refractivity contribution in [3.05, 3.63) is 54.5 Å². The number of morpholine rings is 1. The summed E-state index contributed by atoms with van der Waals surface area (Å²) in [7, 11) is 2.13. The molecule has 7 nitrogen and oxygen atoms in total. The van der Waals surface area contributed by atoms with E-state index in [1.807, 2.05) is 23.1 Å². The van der Waals surface area contributed by atoms with Crippen molar-refractivity contribution >= 4 is 11.7 Å². The molecule has 3 saturated heterocycles. The molecule has 0 saturated carbocycles. The van der Waals surface area contributed by atoms with Crippen LogP contribution in [0.15, 0.2) is 48.9 Å². The molecule has 1 aromatic carbocycles. The second kappa shape index (κ2) is 7.39. The fourth-order valence-electron chi connectivity index (χ4n) is 4.97. The zero-order valence-corrected chi connectivity index (χ0v) is 16.8. The van der Waals surface area contributed by atoms with Gasteiger partial charge in [0.25, 0.3) is 0 Å². The molecular formula is C22H27N5O2. The number of anilines is 1. The molecule has 3 aliphatic heterocycles. The summed E-state index contributed by atoms with van der Waals surface area (Å²) in [5, 5.41) is 0. The van der Waals surface area contributed by atoms with Gasteiger partial charge in [-0.25, -0.2) is 4.98 Å². The Kier molecular flexibility index (Phi) is 4.72. The van der Waals surface area contributed by atoms with Crippen molar-refractivity contribution in [2.45, 2.75) is 18.6 Å². The first-order chi connectivity index (χ1) is 14.1. The molecule has 4 heterocycles. The van der Waals surface area contributed by atoms with Crippen molar-refractivity contribution in [1.29, 1.82) is 0 Å². The van der Waals surface area contributed by atoms with Crippen LogP contribution in [0, 0.1) is 5.41 Å². The summed E-state index contributed by atoms with van der Waals surface area (Å²) >= 11 is 0.